The number of aryl methyl sites for hydroxylation is 1. The fourth-order valence-electron chi connectivity index (χ4n) is 5.93. The number of hydrogen-bond donors (Lipinski definition) is 1. The largest absolute Gasteiger partial charge is 0.374 e. The van der Waals surface area contributed by atoms with E-state index in [9.17, 15) is 4.79 Å². The van der Waals surface area contributed by atoms with Crippen molar-refractivity contribution >= 4 is 11.5 Å². The van der Waals surface area contributed by atoms with Gasteiger partial charge >= 0.3 is 0 Å². The fraction of sp³-hybridized carbons (Fsp3) is 0.486. The predicted molar refractivity (Wildman–Crippen MR) is 166 cm³/mol. The third-order valence-corrected chi connectivity index (χ3v) is 8.23. The van der Waals surface area contributed by atoms with Gasteiger partial charge in [0.25, 0.3) is 0 Å². The van der Waals surface area contributed by atoms with Crippen LogP contribution in [0, 0.1) is 18.8 Å². The van der Waals surface area contributed by atoms with Gasteiger partial charge in [-0.05, 0) is 75.5 Å². The highest BCUT2D eigenvalue weighted by Crippen LogP contribution is 2.31. The highest BCUT2D eigenvalue weighted by atomic mass is 16.1. The number of nitrogens with zero attached hydrogens (tertiary/aromatic N) is 2. The molecule has 2 aromatic rings. The lowest BCUT2D eigenvalue weighted by Gasteiger charge is -2.29. The monoisotopic (exact) mass is 527 g/mol. The summed E-state index contributed by atoms with van der Waals surface area (Å²) in [5, 5.41) is 0. The molecule has 0 radical (unpaired) electrons. The second kappa shape index (κ2) is 15.6. The second-order valence-electron chi connectivity index (χ2n) is 11.0. The van der Waals surface area contributed by atoms with Crippen molar-refractivity contribution in [2.75, 3.05) is 19.6 Å². The van der Waals surface area contributed by atoms with E-state index in [1.165, 1.54) is 12.0 Å². The molecule has 210 valence electrons. The average Bonchev–Trinajstić information content (AvgIpc) is 3.20. The SMILES string of the molecule is C=C(C(N)CC=CC)N1CCCC(C(CC)CC(=O)Cc2cccc(C(=NCC)c3ccccc3C)c2)CC1. The Kier molecular flexibility index (Phi) is 12.2. The van der Waals surface area contributed by atoms with E-state index in [2.05, 4.69) is 86.9 Å². The molecule has 2 N–H and O–H groups in total. The van der Waals surface area contributed by atoms with E-state index in [0.29, 0.717) is 30.5 Å². The van der Waals surface area contributed by atoms with Gasteiger partial charge < -0.3 is 10.6 Å². The molecule has 3 atom stereocenters. The Labute approximate surface area is 237 Å². The lowest BCUT2D eigenvalue weighted by atomic mass is 9.81. The second-order valence-corrected chi connectivity index (χ2v) is 11.0. The molecule has 1 saturated heterocycles. The van der Waals surface area contributed by atoms with E-state index in [-0.39, 0.29) is 6.04 Å². The van der Waals surface area contributed by atoms with Gasteiger partial charge in [-0.1, -0.05) is 74.5 Å². The van der Waals surface area contributed by atoms with E-state index in [1.54, 1.807) is 0 Å². The number of carbonyl (C=O) groups is 1. The maximum absolute atomic E-state index is 13.3. The number of ketones is 1. The van der Waals surface area contributed by atoms with Crippen molar-refractivity contribution < 1.29 is 4.79 Å². The van der Waals surface area contributed by atoms with Crippen LogP contribution in [0.4, 0.5) is 0 Å². The summed E-state index contributed by atoms with van der Waals surface area (Å²) in [5.74, 6) is 1.33. The Morgan fingerprint density at radius 3 is 2.67 bits per heavy atom. The number of aliphatic imine (C=N–C) groups is 1. The van der Waals surface area contributed by atoms with Crippen LogP contribution in [0.2, 0.25) is 0 Å². The molecule has 1 heterocycles. The van der Waals surface area contributed by atoms with Crippen molar-refractivity contribution in [3.8, 4) is 0 Å². The van der Waals surface area contributed by atoms with Gasteiger partial charge in [0.1, 0.15) is 5.78 Å². The first-order chi connectivity index (χ1) is 18.9. The van der Waals surface area contributed by atoms with E-state index >= 15 is 0 Å². The summed E-state index contributed by atoms with van der Waals surface area (Å²) in [7, 11) is 0. The zero-order valence-corrected chi connectivity index (χ0v) is 24.7. The maximum atomic E-state index is 13.3. The molecule has 39 heavy (non-hydrogen) atoms. The highest BCUT2D eigenvalue weighted by molar-refractivity contribution is 6.13. The van der Waals surface area contributed by atoms with Crippen molar-refractivity contribution in [3.63, 3.8) is 0 Å². The molecule has 0 bridgehead atoms. The van der Waals surface area contributed by atoms with Gasteiger partial charge in [-0.25, -0.2) is 0 Å². The number of rotatable bonds is 13. The standard InChI is InChI=1S/C35H49N3O/c1-6-9-19-34(36)27(5)38-21-13-17-30(20-22-38)29(7-2)25-32(39)24-28-15-12-16-31(23-28)35(37-8-3)33-18-11-10-14-26(33)4/h6,9-12,14-16,18,23,29-30,34H,5,7-8,13,17,19-22,24-25,36H2,1-4H3. The first-order valence-corrected chi connectivity index (χ1v) is 14.9. The number of benzene rings is 2. The van der Waals surface area contributed by atoms with Crippen LogP contribution < -0.4 is 5.73 Å². The normalized spacial score (nSPS) is 18.1. The number of allylic oxidation sites excluding steroid dienone is 1. The van der Waals surface area contributed by atoms with Crippen molar-refractivity contribution in [3.05, 3.63) is 95.2 Å². The summed E-state index contributed by atoms with van der Waals surface area (Å²) in [6.45, 7) is 15.5. The molecule has 0 spiro atoms. The van der Waals surface area contributed by atoms with E-state index in [4.69, 9.17) is 10.7 Å². The smallest absolute Gasteiger partial charge is 0.137 e. The summed E-state index contributed by atoms with van der Waals surface area (Å²) in [5.41, 5.74) is 13.0. The molecule has 0 saturated carbocycles. The third kappa shape index (κ3) is 8.76. The summed E-state index contributed by atoms with van der Waals surface area (Å²) >= 11 is 0. The van der Waals surface area contributed by atoms with Gasteiger partial charge in [0.05, 0.1) is 5.71 Å². The van der Waals surface area contributed by atoms with Gasteiger partial charge in [-0.3, -0.25) is 9.79 Å². The van der Waals surface area contributed by atoms with Crippen molar-refractivity contribution in [2.45, 2.75) is 78.7 Å². The van der Waals surface area contributed by atoms with Crippen LogP contribution in [0.25, 0.3) is 0 Å². The Hall–Kier alpha value is -2.98. The molecule has 1 fully saturated rings. The zero-order valence-electron chi connectivity index (χ0n) is 24.7. The summed E-state index contributed by atoms with van der Waals surface area (Å²) in [4.78, 5) is 20.5. The minimum atomic E-state index is -0.0224. The molecule has 1 aliphatic rings. The minimum absolute atomic E-state index is 0.0224. The van der Waals surface area contributed by atoms with Gasteiger partial charge in [-0.2, -0.15) is 0 Å². The Balaban J connectivity index is 1.63. The highest BCUT2D eigenvalue weighted by Gasteiger charge is 2.27. The van der Waals surface area contributed by atoms with Gasteiger partial charge in [-0.15, -0.1) is 0 Å². The van der Waals surface area contributed by atoms with Crippen molar-refractivity contribution in [1.82, 2.24) is 4.90 Å². The van der Waals surface area contributed by atoms with Crippen molar-refractivity contribution in [2.24, 2.45) is 22.6 Å². The van der Waals surface area contributed by atoms with Crippen LogP contribution in [0.1, 0.15) is 81.5 Å². The molecule has 4 heteroatoms. The van der Waals surface area contributed by atoms with Crippen molar-refractivity contribution in [1.29, 1.82) is 0 Å². The molecule has 0 aromatic heterocycles. The molecule has 0 amide bonds. The first-order valence-electron chi connectivity index (χ1n) is 14.9. The third-order valence-electron chi connectivity index (χ3n) is 8.23. The van der Waals surface area contributed by atoms with Crippen LogP contribution in [0.5, 0.6) is 0 Å². The summed E-state index contributed by atoms with van der Waals surface area (Å²) in [6.07, 6.45) is 10.6. The van der Waals surface area contributed by atoms with E-state index in [1.807, 2.05) is 13.0 Å². The quantitative estimate of drug-likeness (QED) is 0.220. The van der Waals surface area contributed by atoms with Crippen LogP contribution >= 0.6 is 0 Å². The van der Waals surface area contributed by atoms with Gasteiger partial charge in [0, 0.05) is 55.3 Å². The molecule has 3 unspecified atom stereocenters. The molecular weight excluding hydrogens is 478 g/mol. The Morgan fingerprint density at radius 2 is 1.95 bits per heavy atom. The van der Waals surface area contributed by atoms with Crippen LogP contribution in [-0.4, -0.2) is 42.1 Å². The van der Waals surface area contributed by atoms with Crippen LogP contribution in [0.15, 0.2) is 78.0 Å². The number of hydrogen-bond acceptors (Lipinski definition) is 4. The Morgan fingerprint density at radius 1 is 1.15 bits per heavy atom. The van der Waals surface area contributed by atoms with E-state index in [0.717, 1.165) is 73.4 Å². The number of nitrogens with two attached hydrogens (primary N) is 1. The first kappa shape index (κ1) is 30.6. The lowest BCUT2D eigenvalue weighted by Crippen LogP contribution is -2.35. The molecule has 3 rings (SSSR count). The van der Waals surface area contributed by atoms with E-state index < -0.39 is 0 Å². The van der Waals surface area contributed by atoms with Crippen LogP contribution in [0.3, 0.4) is 0 Å². The van der Waals surface area contributed by atoms with Gasteiger partial charge in [0.2, 0.25) is 0 Å². The van der Waals surface area contributed by atoms with Gasteiger partial charge in [0.15, 0.2) is 0 Å². The van der Waals surface area contributed by atoms with Crippen LogP contribution in [-0.2, 0) is 11.2 Å². The number of Topliss-reactive ketones (excluding diaryl/α,β-unsaturated/α-hetero) is 1. The Bertz CT molecular complexity index is 1150. The number of likely N-dealkylation sites (tertiary alicyclic amines) is 1. The fourth-order valence-corrected chi connectivity index (χ4v) is 5.93. The molecule has 4 nitrogen and oxygen atoms in total. The zero-order chi connectivity index (χ0) is 28.2. The molecular formula is C35H49N3O. The summed E-state index contributed by atoms with van der Waals surface area (Å²) < 4.78 is 0. The predicted octanol–water partition coefficient (Wildman–Crippen LogP) is 7.29. The average molecular weight is 528 g/mol. The maximum Gasteiger partial charge on any atom is 0.137 e. The minimum Gasteiger partial charge on any atom is -0.374 e. The molecule has 1 aliphatic heterocycles. The summed E-state index contributed by atoms with van der Waals surface area (Å²) in [6, 6.07) is 16.8. The number of carbonyl (C=O) groups excluding carboxylic acids is 1. The topological polar surface area (TPSA) is 58.7 Å². The lowest BCUT2D eigenvalue weighted by molar-refractivity contribution is -0.119. The molecule has 2 aromatic carbocycles. The molecule has 0 aliphatic carbocycles.